The molecule has 1 rings (SSSR count). The summed E-state index contributed by atoms with van der Waals surface area (Å²) in [7, 11) is 0. The topological polar surface area (TPSA) is 84.2 Å². The third-order valence-corrected chi connectivity index (χ3v) is 5.34. The van der Waals surface area contributed by atoms with E-state index in [4.69, 9.17) is 5.73 Å². The molecule has 0 aliphatic heterocycles. The van der Waals surface area contributed by atoms with Crippen LogP contribution in [0.15, 0.2) is 30.3 Å². The lowest BCUT2D eigenvalue weighted by Gasteiger charge is -2.32. The van der Waals surface area contributed by atoms with Crippen LogP contribution in [0.2, 0.25) is 0 Å². The van der Waals surface area contributed by atoms with E-state index in [1.807, 2.05) is 71.9 Å². The molecule has 0 spiro atoms. The van der Waals surface area contributed by atoms with Crippen LogP contribution in [-0.2, 0) is 16.0 Å². The smallest absolute Gasteiger partial charge is 0.238 e. The maximum Gasteiger partial charge on any atom is 0.238 e. The number of nitrogens with two attached hydrogens (primary N) is 1. The lowest BCUT2D eigenvalue weighted by molar-refractivity contribution is -0.134. The Kier molecular flexibility index (Phi) is 10.0. The van der Waals surface area contributed by atoms with Crippen LogP contribution in [0.4, 0.5) is 0 Å². The van der Waals surface area contributed by atoms with Crippen molar-refractivity contribution in [3.63, 3.8) is 0 Å². The summed E-state index contributed by atoms with van der Waals surface area (Å²) in [6, 6.07) is 9.07. The second-order valence-corrected chi connectivity index (χ2v) is 9.58. The minimum Gasteiger partial charge on any atom is -0.345 e. The number of Topliss-reactive ketones (excluding diaryl/α,β-unsaturated/α-hetero) is 1. The highest BCUT2D eigenvalue weighted by molar-refractivity contribution is 5.93. The molecule has 0 heterocycles. The fourth-order valence-electron chi connectivity index (χ4n) is 3.26. The van der Waals surface area contributed by atoms with Gasteiger partial charge < -0.3 is 16.4 Å². The summed E-state index contributed by atoms with van der Waals surface area (Å²) in [6.07, 6.45) is 3.61. The predicted molar refractivity (Wildman–Crippen MR) is 121 cm³/mol. The van der Waals surface area contributed by atoms with Gasteiger partial charge in [-0.25, -0.2) is 0 Å². The van der Waals surface area contributed by atoms with Gasteiger partial charge in [-0.15, -0.1) is 0 Å². The van der Waals surface area contributed by atoms with Gasteiger partial charge >= 0.3 is 0 Å². The number of nitrogens with one attached hydrogen (secondary N) is 2. The first-order valence-electron chi connectivity index (χ1n) is 10.9. The Bertz CT molecular complexity index is 635. The Balaban J connectivity index is 3.00. The molecule has 0 radical (unpaired) electrons. The Labute approximate surface area is 177 Å². The molecule has 1 aromatic carbocycles. The van der Waals surface area contributed by atoms with Gasteiger partial charge in [-0.1, -0.05) is 51.1 Å². The van der Waals surface area contributed by atoms with E-state index in [0.29, 0.717) is 19.4 Å². The normalized spacial score (nSPS) is 14.3. The molecule has 2 atom stereocenters. The summed E-state index contributed by atoms with van der Waals surface area (Å²) < 4.78 is 0. The van der Waals surface area contributed by atoms with Crippen LogP contribution in [-0.4, -0.2) is 35.9 Å². The highest BCUT2D eigenvalue weighted by Crippen LogP contribution is 2.24. The number of rotatable bonds is 12. The molecular weight excluding hydrogens is 362 g/mol. The predicted octanol–water partition coefficient (Wildman–Crippen LogP) is 3.60. The van der Waals surface area contributed by atoms with E-state index in [-0.39, 0.29) is 17.2 Å². The van der Waals surface area contributed by atoms with Gasteiger partial charge in [0, 0.05) is 11.0 Å². The van der Waals surface area contributed by atoms with Crippen LogP contribution >= 0.6 is 0 Å². The largest absolute Gasteiger partial charge is 0.345 e. The first kappa shape index (κ1) is 25.3. The van der Waals surface area contributed by atoms with Gasteiger partial charge in [-0.3, -0.25) is 9.59 Å². The second kappa shape index (κ2) is 11.5. The average molecular weight is 404 g/mol. The average Bonchev–Trinajstić information content (AvgIpc) is 2.66. The van der Waals surface area contributed by atoms with Crippen molar-refractivity contribution in [2.24, 2.45) is 11.1 Å². The summed E-state index contributed by atoms with van der Waals surface area (Å²) in [6.45, 7) is 12.6. The number of amides is 1. The Morgan fingerprint density at radius 1 is 1.00 bits per heavy atom. The van der Waals surface area contributed by atoms with E-state index in [1.165, 1.54) is 0 Å². The fourth-order valence-corrected chi connectivity index (χ4v) is 3.26. The summed E-state index contributed by atoms with van der Waals surface area (Å²) in [5.74, 6) is -0.0265. The third kappa shape index (κ3) is 9.09. The van der Waals surface area contributed by atoms with E-state index >= 15 is 0 Å². The number of benzene rings is 1. The molecule has 29 heavy (non-hydrogen) atoms. The number of hydrogen-bond donors (Lipinski definition) is 3. The Hall–Kier alpha value is -1.72. The van der Waals surface area contributed by atoms with Gasteiger partial charge in [0.1, 0.15) is 0 Å². The van der Waals surface area contributed by atoms with Gasteiger partial charge in [0.05, 0.1) is 12.1 Å². The zero-order valence-corrected chi connectivity index (χ0v) is 19.2. The van der Waals surface area contributed by atoms with Crippen LogP contribution in [0.5, 0.6) is 0 Å². The van der Waals surface area contributed by atoms with Gasteiger partial charge in [-0.05, 0) is 65.0 Å². The first-order chi connectivity index (χ1) is 13.5. The van der Waals surface area contributed by atoms with Crippen molar-refractivity contribution in [2.75, 3.05) is 6.54 Å². The monoisotopic (exact) mass is 403 g/mol. The summed E-state index contributed by atoms with van der Waals surface area (Å²) in [5, 5.41) is 6.49. The minimum absolute atomic E-state index is 0.0968. The zero-order chi connectivity index (χ0) is 22.1. The van der Waals surface area contributed by atoms with E-state index < -0.39 is 17.5 Å². The highest BCUT2D eigenvalue weighted by Gasteiger charge is 2.34. The molecule has 0 saturated heterocycles. The fraction of sp³-hybridized carbons (Fsp3) is 0.667. The Morgan fingerprint density at radius 2 is 1.62 bits per heavy atom. The molecule has 1 amide bonds. The molecular formula is C24H41N3O2. The van der Waals surface area contributed by atoms with Crippen molar-refractivity contribution in [2.45, 2.75) is 91.3 Å². The van der Waals surface area contributed by atoms with Gasteiger partial charge in [0.25, 0.3) is 0 Å². The number of ketones is 1. The van der Waals surface area contributed by atoms with E-state index in [1.54, 1.807) is 0 Å². The lowest BCUT2D eigenvalue weighted by Crippen LogP contribution is -2.56. The van der Waals surface area contributed by atoms with Crippen molar-refractivity contribution < 1.29 is 9.59 Å². The molecule has 0 saturated carbocycles. The van der Waals surface area contributed by atoms with E-state index in [0.717, 1.165) is 24.8 Å². The standard InChI is InChI=1S/C24H41N3O2/c1-7-24(5,6)21(28)19(15-11-12-16-25)26-22(29)20(27-23(2,3)4)17-18-13-9-8-10-14-18/h8-10,13-14,19-20,27H,7,11-12,15-17,25H2,1-6H3,(H,26,29)/t19-,20?/m0/s1. The summed E-state index contributed by atoms with van der Waals surface area (Å²) in [4.78, 5) is 26.4. The lowest BCUT2D eigenvalue weighted by atomic mass is 9.80. The number of carbonyl (C=O) groups is 2. The maximum atomic E-state index is 13.2. The van der Waals surface area contributed by atoms with Crippen LogP contribution in [0.1, 0.15) is 72.8 Å². The number of carbonyl (C=O) groups excluding carboxylic acids is 2. The molecule has 1 aromatic rings. The molecule has 5 nitrogen and oxygen atoms in total. The maximum absolute atomic E-state index is 13.2. The van der Waals surface area contributed by atoms with Crippen molar-refractivity contribution in [1.29, 1.82) is 0 Å². The molecule has 1 unspecified atom stereocenters. The van der Waals surface area contributed by atoms with Crippen LogP contribution in [0.3, 0.4) is 0 Å². The molecule has 0 fully saturated rings. The SMILES string of the molecule is CCC(C)(C)C(=O)[C@H](CCCCN)NC(=O)C(Cc1ccccc1)NC(C)(C)C. The molecule has 0 aliphatic rings. The number of unbranched alkanes of at least 4 members (excludes halogenated alkanes) is 1. The van der Waals surface area contributed by atoms with Crippen molar-refractivity contribution >= 4 is 11.7 Å². The first-order valence-corrected chi connectivity index (χ1v) is 10.9. The molecule has 0 bridgehead atoms. The van der Waals surface area contributed by atoms with Gasteiger partial charge in [-0.2, -0.15) is 0 Å². The summed E-state index contributed by atoms with van der Waals surface area (Å²) in [5.41, 5.74) is 6.02. The molecule has 5 heteroatoms. The van der Waals surface area contributed by atoms with Crippen LogP contribution in [0.25, 0.3) is 0 Å². The molecule has 4 N–H and O–H groups in total. The minimum atomic E-state index is -0.482. The molecule has 164 valence electrons. The molecule has 0 aliphatic carbocycles. The Morgan fingerprint density at radius 3 is 2.14 bits per heavy atom. The number of hydrogen-bond acceptors (Lipinski definition) is 4. The summed E-state index contributed by atoms with van der Waals surface area (Å²) >= 11 is 0. The second-order valence-electron chi connectivity index (χ2n) is 9.58. The third-order valence-electron chi connectivity index (χ3n) is 5.34. The molecule has 0 aromatic heterocycles. The van der Waals surface area contributed by atoms with E-state index in [2.05, 4.69) is 10.6 Å². The zero-order valence-electron chi connectivity index (χ0n) is 19.2. The van der Waals surface area contributed by atoms with Crippen molar-refractivity contribution in [1.82, 2.24) is 10.6 Å². The van der Waals surface area contributed by atoms with Gasteiger partial charge in [0.2, 0.25) is 5.91 Å². The van der Waals surface area contributed by atoms with Crippen LogP contribution < -0.4 is 16.4 Å². The quantitative estimate of drug-likeness (QED) is 0.466. The van der Waals surface area contributed by atoms with Crippen molar-refractivity contribution in [3.05, 3.63) is 35.9 Å². The van der Waals surface area contributed by atoms with Crippen LogP contribution in [0, 0.1) is 5.41 Å². The van der Waals surface area contributed by atoms with E-state index in [9.17, 15) is 9.59 Å². The highest BCUT2D eigenvalue weighted by atomic mass is 16.2. The van der Waals surface area contributed by atoms with Crippen molar-refractivity contribution in [3.8, 4) is 0 Å². The van der Waals surface area contributed by atoms with Gasteiger partial charge in [0.15, 0.2) is 5.78 Å².